The van der Waals surface area contributed by atoms with Gasteiger partial charge in [0, 0.05) is 0 Å². The standard InChI is InChI=1S/C5H5.C2H5.CH3.Mn/c1-2-4-5-3-1;1-2;;/h1-5H;1H2,2H3;1H3;. The molecule has 0 aromatic rings. The molecule has 0 bridgehead atoms. The quantitative estimate of drug-likeness (QED) is 0.550. The van der Waals surface area contributed by atoms with Gasteiger partial charge in [-0.2, -0.15) is 0 Å². The van der Waals surface area contributed by atoms with Crippen molar-refractivity contribution in [2.45, 2.75) is 22.9 Å². The van der Waals surface area contributed by atoms with Gasteiger partial charge in [-0.15, -0.1) is 0 Å². The third-order valence-electron chi connectivity index (χ3n) is 1.55. The second-order valence-corrected chi connectivity index (χ2v) is 5.74. The van der Waals surface area contributed by atoms with Crippen LogP contribution in [0, 0.1) is 0 Å². The van der Waals surface area contributed by atoms with Crippen LogP contribution in [-0.2, 0) is 13.9 Å². The van der Waals surface area contributed by atoms with Gasteiger partial charge in [0.15, 0.2) is 0 Å². The summed E-state index contributed by atoms with van der Waals surface area (Å²) in [6, 6.07) is 0. The molecule has 0 spiro atoms. The molecule has 0 atom stereocenters. The molecule has 1 aliphatic rings. The van der Waals surface area contributed by atoms with Crippen LogP contribution in [0.1, 0.15) is 6.92 Å². The van der Waals surface area contributed by atoms with E-state index >= 15 is 0 Å². The van der Waals surface area contributed by atoms with Crippen LogP contribution in [0.15, 0.2) is 24.3 Å². The van der Waals surface area contributed by atoms with Crippen molar-refractivity contribution in [3.63, 3.8) is 0 Å². The maximum atomic E-state index is 2.40. The normalized spacial score (nSPS) is 19.1. The average Bonchev–Trinajstić information content (AvgIpc) is 2.37. The number of hydrogen-bond donors (Lipinski definition) is 0. The second kappa shape index (κ2) is 3.24. The van der Waals surface area contributed by atoms with Gasteiger partial charge in [-0.25, -0.2) is 0 Å². The Balaban J connectivity index is 2.43. The summed E-state index contributed by atoms with van der Waals surface area (Å²) in [6.07, 6.45) is 8.96. The SMILES string of the molecule is C[CH2][Mn]([CH3])[CH]1C=CC=C1. The van der Waals surface area contributed by atoms with Crippen molar-refractivity contribution in [2.75, 3.05) is 0 Å². The fourth-order valence-electron chi connectivity index (χ4n) is 0.831. The van der Waals surface area contributed by atoms with Crippen LogP contribution in [0.25, 0.3) is 0 Å². The Bertz CT molecular complexity index is 124. The Morgan fingerprint density at radius 2 is 1.89 bits per heavy atom. The molecule has 0 unspecified atom stereocenters. The summed E-state index contributed by atoms with van der Waals surface area (Å²) in [6.45, 7) is 2.29. The van der Waals surface area contributed by atoms with E-state index in [1.165, 1.54) is 5.32 Å². The van der Waals surface area contributed by atoms with E-state index in [2.05, 4.69) is 37.0 Å². The van der Waals surface area contributed by atoms with E-state index in [0.29, 0.717) is 0 Å². The predicted molar refractivity (Wildman–Crippen MR) is 38.4 cm³/mol. The summed E-state index contributed by atoms with van der Waals surface area (Å²) in [4.78, 5) is 0.822. The van der Waals surface area contributed by atoms with Crippen molar-refractivity contribution in [1.82, 2.24) is 0 Å². The third-order valence-corrected chi connectivity index (χ3v) is 4.67. The van der Waals surface area contributed by atoms with Crippen LogP contribution < -0.4 is 0 Å². The van der Waals surface area contributed by atoms with Crippen LogP contribution in [-0.4, -0.2) is 0 Å². The Morgan fingerprint density at radius 1 is 1.33 bits per heavy atom. The molecule has 1 heteroatoms. The van der Waals surface area contributed by atoms with Crippen molar-refractivity contribution in [1.29, 1.82) is 0 Å². The van der Waals surface area contributed by atoms with Gasteiger partial charge in [0.2, 0.25) is 0 Å². The average molecular weight is 164 g/mol. The van der Waals surface area contributed by atoms with Crippen molar-refractivity contribution in [2.24, 2.45) is 0 Å². The van der Waals surface area contributed by atoms with E-state index in [1.807, 2.05) is 0 Å². The van der Waals surface area contributed by atoms with Gasteiger partial charge in [0.1, 0.15) is 0 Å². The third kappa shape index (κ3) is 1.70. The summed E-state index contributed by atoms with van der Waals surface area (Å²) in [5, 5.41) is 1.38. The minimum atomic E-state index is -0.101. The Labute approximate surface area is 61.5 Å². The first-order valence-electron chi connectivity index (χ1n) is 3.24. The van der Waals surface area contributed by atoms with Crippen molar-refractivity contribution in [3.8, 4) is 0 Å². The number of rotatable bonds is 2. The topological polar surface area (TPSA) is 0 Å². The van der Waals surface area contributed by atoms with Gasteiger partial charge < -0.3 is 0 Å². The first-order valence-corrected chi connectivity index (χ1v) is 5.93. The Hall–Kier alpha value is -0.000519. The summed E-state index contributed by atoms with van der Waals surface area (Å²) in [5.41, 5.74) is 0. The van der Waals surface area contributed by atoms with Crippen LogP contribution in [0.5, 0.6) is 0 Å². The Morgan fingerprint density at radius 3 is 2.33 bits per heavy atom. The van der Waals surface area contributed by atoms with Gasteiger partial charge in [0.25, 0.3) is 0 Å². The molecule has 0 heterocycles. The molecule has 52 valence electrons. The predicted octanol–water partition coefficient (Wildman–Crippen LogP) is 3.01. The van der Waals surface area contributed by atoms with Gasteiger partial charge in [-0.3, -0.25) is 0 Å². The minimum absolute atomic E-state index is 0.101. The fourth-order valence-corrected chi connectivity index (χ4v) is 2.43. The van der Waals surface area contributed by atoms with Crippen LogP contribution in [0.4, 0.5) is 0 Å². The summed E-state index contributed by atoms with van der Waals surface area (Å²) in [5.74, 6) is 2.40. The van der Waals surface area contributed by atoms with Crippen LogP contribution in [0.2, 0.25) is 16.0 Å². The number of allylic oxidation sites excluding steroid dienone is 4. The van der Waals surface area contributed by atoms with Crippen LogP contribution in [0.3, 0.4) is 0 Å². The van der Waals surface area contributed by atoms with E-state index < -0.39 is 0 Å². The molecule has 0 aromatic heterocycles. The molecular weight excluding hydrogens is 151 g/mol. The van der Waals surface area contributed by atoms with E-state index in [9.17, 15) is 0 Å². The van der Waals surface area contributed by atoms with Crippen molar-refractivity contribution >= 4 is 0 Å². The van der Waals surface area contributed by atoms with Gasteiger partial charge in [-0.05, 0) is 0 Å². The summed E-state index contributed by atoms with van der Waals surface area (Å²) >= 11 is -0.101. The van der Waals surface area contributed by atoms with Crippen LogP contribution >= 0.6 is 0 Å². The number of hydrogen-bond acceptors (Lipinski definition) is 0. The molecular formula is C8H13Mn. The van der Waals surface area contributed by atoms with Crippen molar-refractivity contribution < 1.29 is 13.9 Å². The molecule has 0 radical (unpaired) electrons. The van der Waals surface area contributed by atoms with E-state index in [4.69, 9.17) is 0 Å². The van der Waals surface area contributed by atoms with E-state index in [0.717, 1.165) is 4.82 Å². The van der Waals surface area contributed by atoms with E-state index in [-0.39, 0.29) is 13.9 Å². The van der Waals surface area contributed by atoms with Crippen molar-refractivity contribution in [3.05, 3.63) is 24.3 Å². The molecule has 0 saturated carbocycles. The molecule has 1 rings (SSSR count). The fraction of sp³-hybridized carbons (Fsp3) is 0.500. The Kier molecular flexibility index (Phi) is 2.56. The molecule has 0 aliphatic heterocycles. The maximum absolute atomic E-state index is 2.40. The zero-order valence-electron chi connectivity index (χ0n) is 5.97. The van der Waals surface area contributed by atoms with Gasteiger partial charge in [0.05, 0.1) is 0 Å². The summed E-state index contributed by atoms with van der Waals surface area (Å²) in [7, 11) is 0. The molecule has 0 N–H and O–H groups in total. The molecule has 0 nitrogen and oxygen atoms in total. The zero-order valence-corrected chi connectivity index (χ0v) is 7.15. The molecule has 1 aliphatic carbocycles. The van der Waals surface area contributed by atoms with E-state index in [1.54, 1.807) is 0 Å². The molecule has 0 saturated heterocycles. The zero-order chi connectivity index (χ0) is 6.69. The first-order chi connectivity index (χ1) is 4.34. The second-order valence-electron chi connectivity index (χ2n) is 2.12. The first kappa shape index (κ1) is 7.11. The molecule has 0 amide bonds. The van der Waals surface area contributed by atoms with Gasteiger partial charge >= 0.3 is 61.1 Å². The molecule has 9 heavy (non-hydrogen) atoms. The van der Waals surface area contributed by atoms with Gasteiger partial charge in [-0.1, -0.05) is 0 Å². The molecule has 0 aromatic carbocycles. The molecule has 0 fully saturated rings. The summed E-state index contributed by atoms with van der Waals surface area (Å²) < 4.78 is 0. The monoisotopic (exact) mass is 164 g/mol.